The summed E-state index contributed by atoms with van der Waals surface area (Å²) >= 11 is 13.5. The fourth-order valence-corrected chi connectivity index (χ4v) is 4.73. The number of halogens is 2. The van der Waals surface area contributed by atoms with Gasteiger partial charge in [0, 0.05) is 21.2 Å². The lowest BCUT2D eigenvalue weighted by molar-refractivity contribution is 0.0734. The van der Waals surface area contributed by atoms with E-state index in [4.69, 9.17) is 32.9 Å². The van der Waals surface area contributed by atoms with E-state index in [1.807, 2.05) is 66.7 Å². The standard InChI is InChI=1S/C29H19Cl2N3O2S/c30-23-14-10-19(11-15-23)26-27(20-6-2-1-3-7-20)37-29(33-26)34-32-18-22-8-4-5-9-25(22)36-28(35)21-12-16-24(31)17-13-21/h1-18H,(H,33,34)/b32-18-. The molecule has 4 aromatic carbocycles. The van der Waals surface area contributed by atoms with E-state index in [0.29, 0.717) is 32.1 Å². The first-order valence-corrected chi connectivity index (χ1v) is 12.8. The van der Waals surface area contributed by atoms with Crippen LogP contribution in [-0.2, 0) is 0 Å². The number of esters is 1. The second-order valence-corrected chi connectivity index (χ2v) is 9.75. The van der Waals surface area contributed by atoms with E-state index in [9.17, 15) is 4.79 Å². The van der Waals surface area contributed by atoms with Crippen LogP contribution in [0.5, 0.6) is 5.75 Å². The van der Waals surface area contributed by atoms with Gasteiger partial charge < -0.3 is 4.74 Å². The van der Waals surface area contributed by atoms with Gasteiger partial charge in [-0.2, -0.15) is 5.10 Å². The molecule has 0 atom stereocenters. The zero-order valence-corrected chi connectivity index (χ0v) is 21.6. The molecule has 5 rings (SSSR count). The lowest BCUT2D eigenvalue weighted by atomic mass is 10.1. The van der Waals surface area contributed by atoms with Gasteiger partial charge in [-0.3, -0.25) is 5.43 Å². The zero-order valence-electron chi connectivity index (χ0n) is 19.3. The molecule has 0 aliphatic rings. The van der Waals surface area contributed by atoms with Crippen molar-refractivity contribution in [2.45, 2.75) is 0 Å². The van der Waals surface area contributed by atoms with Gasteiger partial charge >= 0.3 is 5.97 Å². The highest BCUT2D eigenvalue weighted by Gasteiger charge is 2.15. The van der Waals surface area contributed by atoms with E-state index in [1.165, 1.54) is 11.3 Å². The number of nitrogens with one attached hydrogen (secondary N) is 1. The molecular weight excluding hydrogens is 525 g/mol. The number of carbonyl (C=O) groups excluding carboxylic acids is 1. The number of benzene rings is 4. The SMILES string of the molecule is O=C(Oc1ccccc1/C=N\Nc1nc(-c2ccc(Cl)cc2)c(-c2ccccc2)s1)c1ccc(Cl)cc1. The largest absolute Gasteiger partial charge is 0.422 e. The van der Waals surface area contributed by atoms with Crippen LogP contribution in [0.3, 0.4) is 0 Å². The summed E-state index contributed by atoms with van der Waals surface area (Å²) in [6.45, 7) is 0. The molecule has 0 fully saturated rings. The summed E-state index contributed by atoms with van der Waals surface area (Å²) in [4.78, 5) is 18.4. The van der Waals surface area contributed by atoms with Crippen LogP contribution in [0, 0.1) is 0 Å². The zero-order chi connectivity index (χ0) is 25.6. The van der Waals surface area contributed by atoms with Gasteiger partial charge in [0.1, 0.15) is 5.75 Å². The third kappa shape index (κ3) is 6.06. The molecule has 0 saturated heterocycles. The Hall–Kier alpha value is -3.97. The molecule has 37 heavy (non-hydrogen) atoms. The first-order chi connectivity index (χ1) is 18.1. The molecule has 1 N–H and O–H groups in total. The number of rotatable bonds is 7. The van der Waals surface area contributed by atoms with E-state index in [1.54, 1.807) is 42.6 Å². The second kappa shape index (κ2) is 11.4. The van der Waals surface area contributed by atoms with E-state index in [2.05, 4.69) is 10.5 Å². The molecule has 0 saturated carbocycles. The molecule has 8 heteroatoms. The minimum Gasteiger partial charge on any atom is -0.422 e. The van der Waals surface area contributed by atoms with Crippen molar-refractivity contribution in [3.8, 4) is 27.4 Å². The molecule has 0 aliphatic heterocycles. The molecule has 0 bridgehead atoms. The molecular formula is C29H19Cl2N3O2S. The predicted octanol–water partition coefficient (Wildman–Crippen LogP) is 8.45. The van der Waals surface area contributed by atoms with E-state index < -0.39 is 5.97 Å². The van der Waals surface area contributed by atoms with Crippen LogP contribution in [0.4, 0.5) is 5.13 Å². The summed E-state index contributed by atoms with van der Waals surface area (Å²) in [5.74, 6) is -0.0931. The summed E-state index contributed by atoms with van der Waals surface area (Å²) in [5, 5.41) is 6.20. The summed E-state index contributed by atoms with van der Waals surface area (Å²) in [6, 6.07) is 31.3. The van der Waals surface area contributed by atoms with Gasteiger partial charge in [0.2, 0.25) is 5.13 Å². The normalized spacial score (nSPS) is 11.0. The van der Waals surface area contributed by atoms with Crippen LogP contribution in [-0.4, -0.2) is 17.2 Å². The molecule has 0 unspecified atom stereocenters. The van der Waals surface area contributed by atoms with Crippen LogP contribution in [0.2, 0.25) is 10.0 Å². The van der Waals surface area contributed by atoms with E-state index in [-0.39, 0.29) is 0 Å². The van der Waals surface area contributed by atoms with Crippen LogP contribution in [0.1, 0.15) is 15.9 Å². The lowest BCUT2D eigenvalue weighted by Gasteiger charge is -2.07. The van der Waals surface area contributed by atoms with Crippen molar-refractivity contribution < 1.29 is 9.53 Å². The highest BCUT2D eigenvalue weighted by atomic mass is 35.5. The molecule has 182 valence electrons. The molecule has 1 heterocycles. The van der Waals surface area contributed by atoms with Gasteiger partial charge in [0.25, 0.3) is 0 Å². The van der Waals surface area contributed by atoms with Gasteiger partial charge in [-0.15, -0.1) is 0 Å². The van der Waals surface area contributed by atoms with Crippen LogP contribution in [0.25, 0.3) is 21.7 Å². The minimum absolute atomic E-state index is 0.388. The van der Waals surface area contributed by atoms with Crippen molar-refractivity contribution in [2.75, 3.05) is 5.43 Å². The first kappa shape index (κ1) is 24.7. The Labute approximate surface area is 228 Å². The van der Waals surface area contributed by atoms with Crippen LogP contribution in [0.15, 0.2) is 108 Å². The first-order valence-electron chi connectivity index (χ1n) is 11.2. The predicted molar refractivity (Wildman–Crippen MR) is 152 cm³/mol. The van der Waals surface area contributed by atoms with Gasteiger partial charge in [-0.1, -0.05) is 89.1 Å². The molecule has 0 radical (unpaired) electrons. The summed E-state index contributed by atoms with van der Waals surface area (Å²) in [6.07, 6.45) is 1.59. The topological polar surface area (TPSA) is 63.6 Å². The van der Waals surface area contributed by atoms with Crippen LogP contribution >= 0.6 is 34.5 Å². The minimum atomic E-state index is -0.481. The number of thiazole rings is 1. The Balaban J connectivity index is 1.37. The Morgan fingerprint density at radius 3 is 2.19 bits per heavy atom. The third-order valence-corrected chi connectivity index (χ3v) is 6.86. The van der Waals surface area contributed by atoms with Gasteiger partial charge in [0.15, 0.2) is 0 Å². The van der Waals surface area contributed by atoms with Crippen molar-refractivity contribution in [1.82, 2.24) is 4.98 Å². The van der Waals surface area contributed by atoms with Crippen molar-refractivity contribution in [1.29, 1.82) is 0 Å². The smallest absolute Gasteiger partial charge is 0.343 e. The number of para-hydroxylation sites is 1. The summed E-state index contributed by atoms with van der Waals surface area (Å²) in [7, 11) is 0. The van der Waals surface area contributed by atoms with Gasteiger partial charge in [-0.05, 0) is 54.1 Å². The quantitative estimate of drug-likeness (QED) is 0.0967. The van der Waals surface area contributed by atoms with Gasteiger partial charge in [-0.25, -0.2) is 9.78 Å². The Morgan fingerprint density at radius 2 is 1.46 bits per heavy atom. The van der Waals surface area contributed by atoms with Crippen molar-refractivity contribution in [3.63, 3.8) is 0 Å². The molecule has 1 aromatic heterocycles. The maximum absolute atomic E-state index is 12.6. The number of hydrogen-bond acceptors (Lipinski definition) is 6. The molecule has 0 aliphatic carbocycles. The maximum atomic E-state index is 12.6. The number of aromatic nitrogens is 1. The van der Waals surface area contributed by atoms with Crippen molar-refractivity contribution in [2.24, 2.45) is 5.10 Å². The lowest BCUT2D eigenvalue weighted by Crippen LogP contribution is -2.09. The fourth-order valence-electron chi connectivity index (χ4n) is 3.54. The molecule has 5 nitrogen and oxygen atoms in total. The van der Waals surface area contributed by atoms with Gasteiger partial charge in [0.05, 0.1) is 22.3 Å². The van der Waals surface area contributed by atoms with E-state index >= 15 is 0 Å². The number of hydrogen-bond donors (Lipinski definition) is 1. The monoisotopic (exact) mass is 543 g/mol. The number of hydrazone groups is 1. The average Bonchev–Trinajstić information content (AvgIpc) is 3.35. The Kier molecular flexibility index (Phi) is 7.61. The van der Waals surface area contributed by atoms with E-state index in [0.717, 1.165) is 21.7 Å². The second-order valence-electron chi connectivity index (χ2n) is 7.87. The third-order valence-electron chi connectivity index (χ3n) is 5.35. The molecule has 0 spiro atoms. The van der Waals surface area contributed by atoms with Crippen molar-refractivity contribution >= 4 is 51.9 Å². The Bertz CT molecular complexity index is 1550. The molecule has 0 amide bonds. The summed E-state index contributed by atoms with van der Waals surface area (Å²) in [5.41, 5.74) is 6.90. The maximum Gasteiger partial charge on any atom is 0.343 e. The Morgan fingerprint density at radius 1 is 0.811 bits per heavy atom. The molecule has 5 aromatic rings. The number of nitrogens with zero attached hydrogens (tertiary/aromatic N) is 2. The van der Waals surface area contributed by atoms with Crippen molar-refractivity contribution in [3.05, 3.63) is 124 Å². The number of anilines is 1. The highest BCUT2D eigenvalue weighted by molar-refractivity contribution is 7.19. The summed E-state index contributed by atoms with van der Waals surface area (Å²) < 4.78 is 5.60. The number of ether oxygens (including phenoxy) is 1. The van der Waals surface area contributed by atoms with Crippen LogP contribution < -0.4 is 10.2 Å². The fraction of sp³-hybridized carbons (Fsp3) is 0. The number of carbonyl (C=O) groups is 1. The average molecular weight is 544 g/mol. The highest BCUT2D eigenvalue weighted by Crippen LogP contribution is 2.39.